The monoisotopic (exact) mass is 397 g/mol. The summed E-state index contributed by atoms with van der Waals surface area (Å²) in [5, 5.41) is 2.80. The maximum atomic E-state index is 13.4. The van der Waals surface area contributed by atoms with Gasteiger partial charge in [0.25, 0.3) is 5.56 Å². The summed E-state index contributed by atoms with van der Waals surface area (Å²) in [6.45, 7) is 5.13. The second-order valence-electron chi connectivity index (χ2n) is 7.75. The normalized spacial score (nSPS) is 14.9. The highest BCUT2D eigenvalue weighted by Gasteiger charge is 2.19. The van der Waals surface area contributed by atoms with Gasteiger partial charge in [-0.15, -0.1) is 0 Å². The van der Waals surface area contributed by atoms with Crippen molar-refractivity contribution in [3.05, 3.63) is 88.7 Å². The molecule has 0 radical (unpaired) electrons. The lowest BCUT2D eigenvalue weighted by Crippen LogP contribution is -2.29. The lowest BCUT2D eigenvalue weighted by molar-refractivity contribution is 0.0685. The molecular formula is C25H23N3O2. The number of hydrogen-bond acceptors (Lipinski definition) is 4. The largest absolute Gasteiger partial charge is 0.381 e. The standard InChI is InChI=1S/C25H23N3O2/c1-2-19-8-7-17(15-26-19)13-18-14-23-24(22-6-4-3-5-21(18)22)27-16-28(25(23)29)20-9-11-30-12-10-20/h2-8,14-16,20H,1,9-13H2. The van der Waals surface area contributed by atoms with Crippen molar-refractivity contribution in [3.8, 4) is 0 Å². The van der Waals surface area contributed by atoms with Crippen molar-refractivity contribution in [3.63, 3.8) is 0 Å². The van der Waals surface area contributed by atoms with Gasteiger partial charge in [0.2, 0.25) is 0 Å². The highest BCUT2D eigenvalue weighted by molar-refractivity contribution is 6.06. The van der Waals surface area contributed by atoms with E-state index in [2.05, 4.69) is 23.7 Å². The molecule has 1 fully saturated rings. The summed E-state index contributed by atoms with van der Waals surface area (Å²) >= 11 is 0. The number of hydrogen-bond donors (Lipinski definition) is 0. The zero-order valence-electron chi connectivity index (χ0n) is 16.8. The summed E-state index contributed by atoms with van der Waals surface area (Å²) < 4.78 is 7.26. The van der Waals surface area contributed by atoms with E-state index in [1.807, 2.05) is 36.5 Å². The minimum atomic E-state index is 0.0269. The van der Waals surface area contributed by atoms with E-state index in [1.165, 1.54) is 0 Å². The fourth-order valence-electron chi connectivity index (χ4n) is 4.30. The third kappa shape index (κ3) is 3.31. The molecule has 1 aliphatic rings. The molecule has 4 aromatic rings. The molecular weight excluding hydrogens is 374 g/mol. The average Bonchev–Trinajstić information content (AvgIpc) is 2.81. The lowest BCUT2D eigenvalue weighted by Gasteiger charge is -2.24. The number of benzene rings is 2. The Labute approximate surface area is 174 Å². The second-order valence-corrected chi connectivity index (χ2v) is 7.75. The van der Waals surface area contributed by atoms with Crippen LogP contribution in [0.3, 0.4) is 0 Å². The van der Waals surface area contributed by atoms with Crippen LogP contribution in [-0.4, -0.2) is 27.7 Å². The van der Waals surface area contributed by atoms with E-state index >= 15 is 0 Å². The van der Waals surface area contributed by atoms with Gasteiger partial charge in [0.1, 0.15) is 0 Å². The highest BCUT2D eigenvalue weighted by atomic mass is 16.5. The van der Waals surface area contributed by atoms with Gasteiger partial charge < -0.3 is 4.74 Å². The molecule has 2 aromatic carbocycles. The topological polar surface area (TPSA) is 57.0 Å². The molecule has 0 unspecified atom stereocenters. The van der Waals surface area contributed by atoms with Crippen LogP contribution in [0.25, 0.3) is 27.8 Å². The van der Waals surface area contributed by atoms with Crippen molar-refractivity contribution in [2.75, 3.05) is 13.2 Å². The SMILES string of the molecule is C=Cc1ccc(Cc2cc3c(=O)n(C4CCOCC4)cnc3c3ccccc23)cn1. The summed E-state index contributed by atoms with van der Waals surface area (Å²) in [6.07, 6.45) is 7.71. The van der Waals surface area contributed by atoms with Crippen LogP contribution < -0.4 is 5.56 Å². The highest BCUT2D eigenvalue weighted by Crippen LogP contribution is 2.28. The van der Waals surface area contributed by atoms with Gasteiger partial charge in [-0.2, -0.15) is 0 Å². The molecule has 0 aliphatic carbocycles. The van der Waals surface area contributed by atoms with E-state index in [9.17, 15) is 4.79 Å². The number of ether oxygens (including phenoxy) is 1. The number of fused-ring (bicyclic) bond motifs is 3. The molecule has 5 heteroatoms. The fourth-order valence-corrected chi connectivity index (χ4v) is 4.30. The molecule has 2 aromatic heterocycles. The lowest BCUT2D eigenvalue weighted by atomic mass is 9.96. The molecule has 3 heterocycles. The molecule has 0 N–H and O–H groups in total. The first kappa shape index (κ1) is 18.7. The number of nitrogens with zero attached hydrogens (tertiary/aromatic N) is 3. The molecule has 5 nitrogen and oxygen atoms in total. The summed E-state index contributed by atoms with van der Waals surface area (Å²) in [5.74, 6) is 0. The van der Waals surface area contributed by atoms with E-state index in [-0.39, 0.29) is 11.6 Å². The summed E-state index contributed by atoms with van der Waals surface area (Å²) in [7, 11) is 0. The van der Waals surface area contributed by atoms with Gasteiger partial charge in [-0.1, -0.05) is 36.9 Å². The third-order valence-electron chi connectivity index (χ3n) is 5.91. The van der Waals surface area contributed by atoms with Gasteiger partial charge in [-0.3, -0.25) is 14.3 Å². The molecule has 0 atom stereocenters. The van der Waals surface area contributed by atoms with E-state index in [1.54, 1.807) is 17.0 Å². The first-order valence-electron chi connectivity index (χ1n) is 10.3. The summed E-state index contributed by atoms with van der Waals surface area (Å²) in [6, 6.07) is 14.4. The van der Waals surface area contributed by atoms with Crippen molar-refractivity contribution in [2.45, 2.75) is 25.3 Å². The van der Waals surface area contributed by atoms with Crippen molar-refractivity contribution < 1.29 is 4.74 Å². The first-order valence-corrected chi connectivity index (χ1v) is 10.3. The fraction of sp³-hybridized carbons (Fsp3) is 0.240. The van der Waals surface area contributed by atoms with Crippen LogP contribution in [0.4, 0.5) is 0 Å². The number of rotatable bonds is 4. The predicted octanol–water partition coefficient (Wildman–Crippen LogP) is 4.53. The Morgan fingerprint density at radius 1 is 1.07 bits per heavy atom. The van der Waals surface area contributed by atoms with Crippen molar-refractivity contribution in [1.82, 2.24) is 14.5 Å². The first-order chi connectivity index (χ1) is 14.7. The second kappa shape index (κ2) is 7.84. The number of pyridine rings is 1. The van der Waals surface area contributed by atoms with Gasteiger partial charge in [-0.25, -0.2) is 4.98 Å². The zero-order valence-corrected chi connectivity index (χ0v) is 16.8. The Morgan fingerprint density at radius 3 is 2.60 bits per heavy atom. The summed E-state index contributed by atoms with van der Waals surface area (Å²) in [4.78, 5) is 22.6. The van der Waals surface area contributed by atoms with Gasteiger partial charge >= 0.3 is 0 Å². The van der Waals surface area contributed by atoms with Crippen LogP contribution >= 0.6 is 0 Å². The molecule has 0 bridgehead atoms. The van der Waals surface area contributed by atoms with Gasteiger partial charge in [0.15, 0.2) is 0 Å². The zero-order chi connectivity index (χ0) is 20.5. The maximum Gasteiger partial charge on any atom is 0.261 e. The van der Waals surface area contributed by atoms with Crippen molar-refractivity contribution in [2.24, 2.45) is 0 Å². The smallest absolute Gasteiger partial charge is 0.261 e. The van der Waals surface area contributed by atoms with E-state index in [4.69, 9.17) is 9.72 Å². The van der Waals surface area contributed by atoms with E-state index in [0.29, 0.717) is 25.0 Å². The predicted molar refractivity (Wildman–Crippen MR) is 120 cm³/mol. The Balaban J connectivity index is 1.67. The van der Waals surface area contributed by atoms with Gasteiger partial charge in [-0.05, 0) is 54.0 Å². The third-order valence-corrected chi connectivity index (χ3v) is 5.91. The molecule has 1 saturated heterocycles. The van der Waals surface area contributed by atoms with Crippen LogP contribution in [0.2, 0.25) is 0 Å². The minimum absolute atomic E-state index is 0.0269. The van der Waals surface area contributed by atoms with Crippen LogP contribution in [0.15, 0.2) is 66.4 Å². The van der Waals surface area contributed by atoms with Gasteiger partial charge in [0, 0.05) is 30.8 Å². The van der Waals surface area contributed by atoms with Crippen LogP contribution in [0, 0.1) is 0 Å². The Hall–Kier alpha value is -3.31. The minimum Gasteiger partial charge on any atom is -0.381 e. The van der Waals surface area contributed by atoms with Gasteiger partial charge in [0.05, 0.1) is 22.9 Å². The molecule has 150 valence electrons. The quantitative estimate of drug-likeness (QED) is 0.475. The summed E-state index contributed by atoms with van der Waals surface area (Å²) in [5.41, 5.74) is 3.85. The van der Waals surface area contributed by atoms with E-state index < -0.39 is 0 Å². The number of aromatic nitrogens is 3. The Bertz CT molecular complexity index is 1290. The molecule has 30 heavy (non-hydrogen) atoms. The molecule has 0 spiro atoms. The molecule has 1 aliphatic heterocycles. The Morgan fingerprint density at radius 2 is 1.87 bits per heavy atom. The van der Waals surface area contributed by atoms with E-state index in [0.717, 1.165) is 46.0 Å². The van der Waals surface area contributed by atoms with Crippen LogP contribution in [-0.2, 0) is 11.2 Å². The average molecular weight is 397 g/mol. The molecule has 0 saturated carbocycles. The van der Waals surface area contributed by atoms with Crippen molar-refractivity contribution >= 4 is 27.8 Å². The maximum absolute atomic E-state index is 13.4. The molecule has 0 amide bonds. The Kier molecular flexibility index (Phi) is 4.89. The molecule has 5 rings (SSSR count). The van der Waals surface area contributed by atoms with Crippen LogP contribution in [0.5, 0.6) is 0 Å². The van der Waals surface area contributed by atoms with Crippen LogP contribution in [0.1, 0.15) is 35.7 Å². The van der Waals surface area contributed by atoms with Crippen molar-refractivity contribution in [1.29, 1.82) is 0 Å².